The normalized spacial score (nSPS) is 11.9. The minimum atomic E-state index is 0.534. The van der Waals surface area contributed by atoms with Gasteiger partial charge >= 0.3 is 0 Å². The lowest BCUT2D eigenvalue weighted by molar-refractivity contribution is 0.953. The first-order chi connectivity index (χ1) is 37.7. The van der Waals surface area contributed by atoms with Crippen LogP contribution in [0.5, 0.6) is 0 Å². The van der Waals surface area contributed by atoms with Gasteiger partial charge in [0.2, 0.25) is 5.95 Å². The summed E-state index contributed by atoms with van der Waals surface area (Å²) in [7, 11) is 0. The lowest BCUT2D eigenvalue weighted by Gasteiger charge is -2.14. The van der Waals surface area contributed by atoms with Crippen LogP contribution in [0.2, 0.25) is 0 Å². The first kappa shape index (κ1) is 42.2. The molecule has 0 atom stereocenters. The summed E-state index contributed by atoms with van der Waals surface area (Å²) in [5.74, 6) is 1.71. The molecule has 0 aliphatic heterocycles. The molecule has 0 unspecified atom stereocenters. The molecular formula is C69H43N7. The first-order valence-corrected chi connectivity index (χ1v) is 25.8. The molecular weight excluding hydrogens is 927 g/mol. The zero-order valence-electron chi connectivity index (χ0n) is 41.0. The van der Waals surface area contributed by atoms with Crippen LogP contribution in [0.1, 0.15) is 0 Å². The number of hydrogen-bond donors (Lipinski definition) is 0. The van der Waals surface area contributed by atoms with Crippen LogP contribution >= 0.6 is 0 Å². The molecule has 11 aromatic carbocycles. The highest BCUT2D eigenvalue weighted by atomic mass is 15.2. The highest BCUT2D eigenvalue weighted by Gasteiger charge is 2.25. The summed E-state index contributed by atoms with van der Waals surface area (Å²) in [5.41, 5.74) is 16.1. The number of nitrogens with zero attached hydrogens (tertiary/aromatic N) is 7. The number of benzene rings is 11. The van der Waals surface area contributed by atoms with Gasteiger partial charge in [-0.1, -0.05) is 188 Å². The Morgan fingerprint density at radius 2 is 0.645 bits per heavy atom. The van der Waals surface area contributed by atoms with E-state index in [1.165, 1.54) is 27.2 Å². The first-order valence-electron chi connectivity index (χ1n) is 25.8. The third kappa shape index (κ3) is 6.33. The van der Waals surface area contributed by atoms with Crippen LogP contribution in [0.25, 0.3) is 144 Å². The second-order valence-corrected chi connectivity index (χ2v) is 19.6. The molecule has 354 valence electrons. The van der Waals surface area contributed by atoms with Gasteiger partial charge in [0.15, 0.2) is 11.6 Å². The summed E-state index contributed by atoms with van der Waals surface area (Å²) in [6.45, 7) is 0. The second-order valence-electron chi connectivity index (χ2n) is 19.6. The van der Waals surface area contributed by atoms with Crippen molar-refractivity contribution in [2.75, 3.05) is 0 Å². The van der Waals surface area contributed by atoms with Gasteiger partial charge in [0.25, 0.3) is 0 Å². The van der Waals surface area contributed by atoms with E-state index in [4.69, 9.17) is 15.0 Å². The molecule has 0 saturated carbocycles. The molecule has 5 aromatic heterocycles. The van der Waals surface area contributed by atoms with Crippen molar-refractivity contribution in [2.24, 2.45) is 0 Å². The van der Waals surface area contributed by atoms with Crippen LogP contribution in [-0.2, 0) is 0 Å². The molecule has 7 nitrogen and oxygen atoms in total. The van der Waals surface area contributed by atoms with Gasteiger partial charge in [-0.15, -0.1) is 0 Å². The largest absolute Gasteiger partial charge is 0.309 e. The van der Waals surface area contributed by atoms with Crippen molar-refractivity contribution in [2.45, 2.75) is 0 Å². The van der Waals surface area contributed by atoms with Gasteiger partial charge < -0.3 is 13.7 Å². The predicted octanol–water partition coefficient (Wildman–Crippen LogP) is 17.3. The van der Waals surface area contributed by atoms with Crippen LogP contribution in [0.4, 0.5) is 0 Å². The Bertz CT molecular complexity index is 4930. The van der Waals surface area contributed by atoms with Crippen LogP contribution in [-0.4, -0.2) is 33.2 Å². The summed E-state index contributed by atoms with van der Waals surface area (Å²) in [5, 5.41) is 9.29. The molecule has 0 spiro atoms. The number of para-hydroxylation sites is 5. The third-order valence-electron chi connectivity index (χ3n) is 15.4. The Morgan fingerprint density at radius 1 is 0.211 bits per heavy atom. The van der Waals surface area contributed by atoms with Crippen molar-refractivity contribution in [3.63, 3.8) is 0 Å². The van der Waals surface area contributed by atoms with Crippen molar-refractivity contribution in [3.05, 3.63) is 261 Å². The Hall–Kier alpha value is -10.4. The zero-order chi connectivity index (χ0) is 49.8. The quantitative estimate of drug-likeness (QED) is 0.160. The van der Waals surface area contributed by atoms with E-state index in [1.54, 1.807) is 0 Å². The summed E-state index contributed by atoms with van der Waals surface area (Å²) in [4.78, 5) is 16.4. The molecule has 5 heterocycles. The highest BCUT2D eigenvalue weighted by Crippen LogP contribution is 2.44. The minimum Gasteiger partial charge on any atom is -0.309 e. The second kappa shape index (κ2) is 16.6. The summed E-state index contributed by atoms with van der Waals surface area (Å²) in [6, 6.07) is 93.4. The summed E-state index contributed by atoms with van der Waals surface area (Å²) < 4.78 is 9.50. The summed E-state index contributed by atoms with van der Waals surface area (Å²) in [6.07, 6.45) is 0. The Kier molecular flexibility index (Phi) is 9.20. The molecule has 0 fully saturated rings. The Labute approximate surface area is 436 Å². The average Bonchev–Trinajstić information content (AvgIpc) is 4.35. The van der Waals surface area contributed by atoms with Crippen LogP contribution in [0, 0.1) is 0 Å². The molecule has 16 rings (SSSR count). The van der Waals surface area contributed by atoms with E-state index < -0.39 is 0 Å². The molecule has 0 aliphatic rings. The van der Waals surface area contributed by atoms with Crippen molar-refractivity contribution in [3.8, 4) is 56.9 Å². The Balaban J connectivity index is 1.01. The molecule has 0 saturated heterocycles. The molecule has 76 heavy (non-hydrogen) atoms. The fourth-order valence-electron chi connectivity index (χ4n) is 12.1. The van der Waals surface area contributed by atoms with Crippen molar-refractivity contribution < 1.29 is 0 Å². The molecule has 0 bridgehead atoms. The van der Waals surface area contributed by atoms with Gasteiger partial charge in [-0.3, -0.25) is 4.57 Å². The minimum absolute atomic E-state index is 0.534. The van der Waals surface area contributed by atoms with Gasteiger partial charge in [0, 0.05) is 71.3 Å². The maximum Gasteiger partial charge on any atom is 0.238 e. The smallest absolute Gasteiger partial charge is 0.238 e. The van der Waals surface area contributed by atoms with Crippen LogP contribution in [0.15, 0.2) is 261 Å². The van der Waals surface area contributed by atoms with Crippen molar-refractivity contribution >= 4 is 87.2 Å². The maximum atomic E-state index is 5.58. The SMILES string of the molecule is c1ccc(-c2cccc(-n3c4ccc(-n5c6ccccc6c6ccccc65)cc4c4ccc5c6ccccc6n(-c6nc(-c7ccccc7)nc(-c7ccc8c9ccccc9n(-c9ccccc9)c8c7)n6)c5c43)c2)cc1. The third-order valence-corrected chi connectivity index (χ3v) is 15.4. The van der Waals surface area contributed by atoms with E-state index in [0.717, 1.165) is 99.3 Å². The van der Waals surface area contributed by atoms with Crippen LogP contribution < -0.4 is 0 Å². The number of hydrogen-bond acceptors (Lipinski definition) is 3. The average molecular weight is 970 g/mol. The topological polar surface area (TPSA) is 58.4 Å². The van der Waals surface area contributed by atoms with Crippen LogP contribution in [0.3, 0.4) is 0 Å². The van der Waals surface area contributed by atoms with Gasteiger partial charge in [-0.05, 0) is 83.9 Å². The number of fused-ring (bicyclic) bond motifs is 13. The van der Waals surface area contributed by atoms with Gasteiger partial charge in [-0.2, -0.15) is 9.97 Å². The summed E-state index contributed by atoms with van der Waals surface area (Å²) >= 11 is 0. The van der Waals surface area contributed by atoms with E-state index in [-0.39, 0.29) is 0 Å². The molecule has 7 heteroatoms. The lowest BCUT2D eigenvalue weighted by Crippen LogP contribution is -2.07. The fourth-order valence-corrected chi connectivity index (χ4v) is 12.1. The van der Waals surface area contributed by atoms with E-state index >= 15 is 0 Å². The Morgan fingerprint density at radius 3 is 1.29 bits per heavy atom. The molecule has 16 aromatic rings. The van der Waals surface area contributed by atoms with Gasteiger partial charge in [0.1, 0.15) is 0 Å². The van der Waals surface area contributed by atoms with E-state index in [9.17, 15) is 0 Å². The van der Waals surface area contributed by atoms with E-state index in [0.29, 0.717) is 17.6 Å². The maximum absolute atomic E-state index is 5.58. The lowest BCUT2D eigenvalue weighted by atomic mass is 10.1. The molecule has 0 N–H and O–H groups in total. The predicted molar refractivity (Wildman–Crippen MR) is 313 cm³/mol. The fraction of sp³-hybridized carbons (Fsp3) is 0. The zero-order valence-corrected chi connectivity index (χ0v) is 41.0. The molecule has 0 aliphatic carbocycles. The van der Waals surface area contributed by atoms with Crippen molar-refractivity contribution in [1.82, 2.24) is 33.2 Å². The molecule has 0 amide bonds. The standard InChI is InChI=1S/C69H43N7/c1-4-19-44(20-5-1)46-23-18-26-49(41-46)75-63-40-36-50(74-60-32-15-10-27-51(60)52-28-11-16-33-61(52)74)43-58(63)57-39-38-56-54-30-13-17-34-62(54)76(66(56)65(57)75)69-71-67(45-21-6-2-7-22-45)70-68(72-69)47-35-37-55-53-29-12-14-31-59(53)73(64(55)42-47)48-24-8-3-9-25-48/h1-43H. The monoisotopic (exact) mass is 969 g/mol. The molecule has 0 radical (unpaired) electrons. The number of aromatic nitrogens is 7. The number of rotatable bonds is 7. The van der Waals surface area contributed by atoms with E-state index in [2.05, 4.69) is 261 Å². The highest BCUT2D eigenvalue weighted by molar-refractivity contribution is 6.24. The van der Waals surface area contributed by atoms with Crippen molar-refractivity contribution in [1.29, 1.82) is 0 Å². The van der Waals surface area contributed by atoms with Gasteiger partial charge in [-0.25, -0.2) is 4.98 Å². The van der Waals surface area contributed by atoms with Gasteiger partial charge in [0.05, 0.1) is 44.1 Å². The van der Waals surface area contributed by atoms with E-state index in [1.807, 2.05) is 18.2 Å².